The fourth-order valence-electron chi connectivity index (χ4n) is 3.08. The zero-order chi connectivity index (χ0) is 20.4. The Labute approximate surface area is 175 Å². The van der Waals surface area contributed by atoms with Crippen LogP contribution in [0.5, 0.6) is 5.75 Å². The molecular formula is C20H17N3O4S2. The number of para-hydroxylation sites is 2. The van der Waals surface area contributed by atoms with Gasteiger partial charge in [0.2, 0.25) is 0 Å². The third kappa shape index (κ3) is 3.88. The van der Waals surface area contributed by atoms with Crippen molar-refractivity contribution in [3.05, 3.63) is 80.3 Å². The van der Waals surface area contributed by atoms with Gasteiger partial charge in [-0.25, -0.2) is 4.98 Å². The van der Waals surface area contributed by atoms with Crippen LogP contribution < -0.4 is 10.3 Å². The highest BCUT2D eigenvalue weighted by Crippen LogP contribution is 2.33. The zero-order valence-corrected chi connectivity index (χ0v) is 17.2. The van der Waals surface area contributed by atoms with Gasteiger partial charge in [-0.3, -0.25) is 19.5 Å². The molecule has 9 heteroatoms. The number of aromatic nitrogens is 2. The van der Waals surface area contributed by atoms with Gasteiger partial charge in [0.05, 0.1) is 28.3 Å². The van der Waals surface area contributed by atoms with Crippen molar-refractivity contribution >= 4 is 29.2 Å². The lowest BCUT2D eigenvalue weighted by Gasteiger charge is -2.16. The molecule has 0 N–H and O–H groups in total. The van der Waals surface area contributed by atoms with Crippen LogP contribution >= 0.6 is 23.5 Å². The normalized spacial score (nSPS) is 12.6. The number of nitro groups is 1. The van der Waals surface area contributed by atoms with Gasteiger partial charge in [0.1, 0.15) is 5.75 Å². The van der Waals surface area contributed by atoms with Crippen molar-refractivity contribution < 1.29 is 9.66 Å². The number of hydrogen-bond acceptors (Lipinski definition) is 7. The molecule has 0 aliphatic carbocycles. The Bertz CT molecular complexity index is 1130. The van der Waals surface area contributed by atoms with E-state index >= 15 is 0 Å². The van der Waals surface area contributed by atoms with E-state index in [-0.39, 0.29) is 11.2 Å². The third-order valence-electron chi connectivity index (χ3n) is 4.51. The van der Waals surface area contributed by atoms with E-state index in [9.17, 15) is 14.9 Å². The first-order valence-electron chi connectivity index (χ1n) is 8.86. The molecule has 1 aliphatic rings. The molecule has 0 atom stereocenters. The second-order valence-electron chi connectivity index (χ2n) is 6.29. The van der Waals surface area contributed by atoms with Crippen molar-refractivity contribution in [1.29, 1.82) is 0 Å². The number of fused-ring (bicyclic) bond motifs is 1. The maximum absolute atomic E-state index is 13.2. The van der Waals surface area contributed by atoms with E-state index in [1.54, 1.807) is 23.8 Å². The van der Waals surface area contributed by atoms with Gasteiger partial charge in [-0.05, 0) is 17.7 Å². The van der Waals surface area contributed by atoms with Crippen LogP contribution in [0.4, 0.5) is 5.69 Å². The first kappa shape index (κ1) is 19.5. The number of non-ortho nitro benzene ring substituents is 1. The number of ether oxygens (including phenoxy) is 1. The number of aryl methyl sites for hydroxylation is 1. The van der Waals surface area contributed by atoms with E-state index in [1.165, 1.54) is 35.7 Å². The van der Waals surface area contributed by atoms with Crippen molar-refractivity contribution in [3.8, 4) is 11.4 Å². The number of thioether (sulfide) groups is 2. The van der Waals surface area contributed by atoms with Crippen molar-refractivity contribution in [1.82, 2.24) is 9.55 Å². The Morgan fingerprint density at radius 1 is 1.24 bits per heavy atom. The zero-order valence-electron chi connectivity index (χ0n) is 15.5. The van der Waals surface area contributed by atoms with Crippen LogP contribution in [-0.4, -0.2) is 27.3 Å². The molecule has 29 heavy (non-hydrogen) atoms. The second kappa shape index (κ2) is 8.30. The molecule has 0 fully saturated rings. The van der Waals surface area contributed by atoms with Crippen LogP contribution in [-0.2, 0) is 12.2 Å². The molecule has 0 unspecified atom stereocenters. The molecule has 0 bridgehead atoms. The molecule has 0 radical (unpaired) electrons. The molecule has 1 aliphatic heterocycles. The van der Waals surface area contributed by atoms with Crippen LogP contribution in [0.2, 0.25) is 0 Å². The van der Waals surface area contributed by atoms with Gasteiger partial charge in [0, 0.05) is 30.1 Å². The summed E-state index contributed by atoms with van der Waals surface area (Å²) in [4.78, 5) is 29.1. The first-order chi connectivity index (χ1) is 14.1. The summed E-state index contributed by atoms with van der Waals surface area (Å²) in [6.07, 6.45) is 0.771. The number of methoxy groups -OCH3 is 1. The molecule has 2 aromatic carbocycles. The molecule has 7 nitrogen and oxygen atoms in total. The van der Waals surface area contributed by atoms with E-state index in [1.807, 2.05) is 24.3 Å². The largest absolute Gasteiger partial charge is 0.495 e. The fraction of sp³-hybridized carbons (Fsp3) is 0.200. The summed E-state index contributed by atoms with van der Waals surface area (Å²) in [6.45, 7) is 0. The molecule has 4 rings (SSSR count). The highest BCUT2D eigenvalue weighted by atomic mass is 32.2. The average Bonchev–Trinajstić information content (AvgIpc) is 3.21. The summed E-state index contributed by atoms with van der Waals surface area (Å²) in [7, 11) is 1.57. The minimum absolute atomic E-state index is 0.0531. The Balaban J connectivity index is 1.73. The lowest BCUT2D eigenvalue weighted by molar-refractivity contribution is -0.384. The first-order valence-corrected chi connectivity index (χ1v) is 10.8. The maximum Gasteiger partial charge on any atom is 0.272 e. The second-order valence-corrected chi connectivity index (χ2v) is 8.34. The molecule has 3 aromatic rings. The Morgan fingerprint density at radius 3 is 2.72 bits per heavy atom. The number of benzene rings is 2. The standard InChI is InChI=1S/C20H17N3O4S2/c1-27-17-5-3-2-4-16(17)22-19(24)18-15(10-11-28-18)21-20(22)29-12-13-6-8-14(9-7-13)23(25)26/h2-9H,10-12H2,1H3. The average molecular weight is 428 g/mol. The topological polar surface area (TPSA) is 87.3 Å². The Kier molecular flexibility index (Phi) is 5.59. The van der Waals surface area contributed by atoms with Gasteiger partial charge in [0.15, 0.2) is 5.16 Å². The molecule has 148 valence electrons. The number of hydrogen-bond donors (Lipinski definition) is 0. The van der Waals surface area contributed by atoms with Crippen LogP contribution in [0.3, 0.4) is 0 Å². The van der Waals surface area contributed by atoms with Gasteiger partial charge in [0.25, 0.3) is 11.2 Å². The highest BCUT2D eigenvalue weighted by molar-refractivity contribution is 7.99. The van der Waals surface area contributed by atoms with Gasteiger partial charge in [-0.1, -0.05) is 36.0 Å². The number of nitro benzene ring substituents is 1. The maximum atomic E-state index is 13.2. The molecular weight excluding hydrogens is 410 g/mol. The summed E-state index contributed by atoms with van der Waals surface area (Å²) in [5, 5.41) is 11.4. The third-order valence-corrected chi connectivity index (χ3v) is 6.62. The van der Waals surface area contributed by atoms with E-state index in [4.69, 9.17) is 9.72 Å². The van der Waals surface area contributed by atoms with Gasteiger partial charge in [-0.2, -0.15) is 0 Å². The van der Waals surface area contributed by atoms with E-state index in [0.717, 1.165) is 23.4 Å². The van der Waals surface area contributed by atoms with Crippen molar-refractivity contribution in [2.45, 2.75) is 22.2 Å². The highest BCUT2D eigenvalue weighted by Gasteiger charge is 2.23. The summed E-state index contributed by atoms with van der Waals surface area (Å²) in [5.41, 5.74) is 2.35. The van der Waals surface area contributed by atoms with Crippen molar-refractivity contribution in [3.63, 3.8) is 0 Å². The molecule has 0 saturated heterocycles. The molecule has 0 amide bonds. The van der Waals surface area contributed by atoms with E-state index in [2.05, 4.69) is 0 Å². The Morgan fingerprint density at radius 2 is 2.00 bits per heavy atom. The summed E-state index contributed by atoms with van der Waals surface area (Å²) < 4.78 is 7.06. The van der Waals surface area contributed by atoms with Gasteiger partial charge in [-0.15, -0.1) is 11.8 Å². The SMILES string of the molecule is COc1ccccc1-n1c(SCc2ccc([N+](=O)[O-])cc2)nc2c(c1=O)SCC2. The monoisotopic (exact) mass is 427 g/mol. The minimum atomic E-state index is -0.421. The predicted octanol–water partition coefficient (Wildman–Crippen LogP) is 4.09. The van der Waals surface area contributed by atoms with Crippen LogP contribution in [0, 0.1) is 10.1 Å². The smallest absolute Gasteiger partial charge is 0.272 e. The van der Waals surface area contributed by atoms with Crippen molar-refractivity contribution in [2.24, 2.45) is 0 Å². The quantitative estimate of drug-likeness (QED) is 0.253. The lowest BCUT2D eigenvalue weighted by Crippen LogP contribution is -2.24. The summed E-state index contributed by atoms with van der Waals surface area (Å²) in [6, 6.07) is 13.8. The summed E-state index contributed by atoms with van der Waals surface area (Å²) in [5.74, 6) is 1.97. The van der Waals surface area contributed by atoms with Crippen LogP contribution in [0.1, 0.15) is 11.3 Å². The van der Waals surface area contributed by atoms with Crippen LogP contribution in [0.15, 0.2) is 63.4 Å². The predicted molar refractivity (Wildman–Crippen MR) is 113 cm³/mol. The minimum Gasteiger partial charge on any atom is -0.495 e. The summed E-state index contributed by atoms with van der Waals surface area (Å²) >= 11 is 2.96. The van der Waals surface area contributed by atoms with E-state index in [0.29, 0.717) is 27.2 Å². The Hall–Kier alpha value is -2.78. The molecule has 0 spiro atoms. The molecule has 1 aromatic heterocycles. The van der Waals surface area contributed by atoms with E-state index < -0.39 is 4.92 Å². The fourth-order valence-corrected chi connectivity index (χ4v) is 5.08. The van der Waals surface area contributed by atoms with Crippen LogP contribution in [0.25, 0.3) is 5.69 Å². The van der Waals surface area contributed by atoms with Gasteiger partial charge < -0.3 is 4.74 Å². The van der Waals surface area contributed by atoms with Crippen molar-refractivity contribution in [2.75, 3.05) is 12.9 Å². The van der Waals surface area contributed by atoms with Gasteiger partial charge >= 0.3 is 0 Å². The number of nitrogens with zero attached hydrogens (tertiary/aromatic N) is 3. The molecule has 2 heterocycles. The number of rotatable bonds is 6. The molecule has 0 saturated carbocycles. The lowest BCUT2D eigenvalue weighted by atomic mass is 10.2.